The van der Waals surface area contributed by atoms with E-state index in [1.54, 1.807) is 0 Å². The molecule has 0 aromatic heterocycles. The molecule has 0 radical (unpaired) electrons. The average molecular weight is 263 g/mol. The van der Waals surface area contributed by atoms with Crippen LogP contribution in [-0.4, -0.2) is 41.7 Å². The third-order valence-corrected chi connectivity index (χ3v) is 3.50. The fourth-order valence-electron chi connectivity index (χ4n) is 2.50. The van der Waals surface area contributed by atoms with Gasteiger partial charge in [-0.25, -0.2) is 0 Å². The van der Waals surface area contributed by atoms with Crippen LogP contribution in [0.15, 0.2) is 24.3 Å². The van der Waals surface area contributed by atoms with Crippen molar-refractivity contribution in [2.45, 2.75) is 32.2 Å². The normalized spacial score (nSPS) is 17.3. The standard InChI is InChI=1S/C15H21NO3/c1-12-5-4-6-14(9-12)19-11-13(10-15(17)18)16-7-2-3-8-16/h4-6,9,13H,2-3,7-8,10-11H2,1H3,(H,17,18). The minimum Gasteiger partial charge on any atom is -0.492 e. The lowest BCUT2D eigenvalue weighted by molar-refractivity contribution is -0.138. The van der Waals surface area contributed by atoms with Crippen LogP contribution in [0.5, 0.6) is 5.75 Å². The SMILES string of the molecule is Cc1cccc(OCC(CC(=O)O)N2CCCC2)c1. The lowest BCUT2D eigenvalue weighted by atomic mass is 10.2. The number of rotatable bonds is 6. The Kier molecular flexibility index (Phi) is 4.80. The molecule has 4 nitrogen and oxygen atoms in total. The zero-order chi connectivity index (χ0) is 13.7. The Hall–Kier alpha value is -1.55. The van der Waals surface area contributed by atoms with Crippen LogP contribution in [0.2, 0.25) is 0 Å². The minimum absolute atomic E-state index is 0.0273. The quantitative estimate of drug-likeness (QED) is 0.855. The van der Waals surface area contributed by atoms with E-state index in [0.717, 1.165) is 37.2 Å². The van der Waals surface area contributed by atoms with Crippen LogP contribution in [0, 0.1) is 6.92 Å². The van der Waals surface area contributed by atoms with E-state index in [9.17, 15) is 4.79 Å². The van der Waals surface area contributed by atoms with Crippen LogP contribution in [0.3, 0.4) is 0 Å². The molecule has 1 aromatic carbocycles. The van der Waals surface area contributed by atoms with Crippen molar-refractivity contribution in [3.05, 3.63) is 29.8 Å². The van der Waals surface area contributed by atoms with Gasteiger partial charge in [-0.1, -0.05) is 12.1 Å². The summed E-state index contributed by atoms with van der Waals surface area (Å²) in [5.74, 6) is 0.0549. The van der Waals surface area contributed by atoms with Gasteiger partial charge in [0.2, 0.25) is 0 Å². The number of hydrogen-bond acceptors (Lipinski definition) is 3. The van der Waals surface area contributed by atoms with E-state index in [1.165, 1.54) is 0 Å². The third kappa shape index (κ3) is 4.24. The van der Waals surface area contributed by atoms with Gasteiger partial charge in [0.25, 0.3) is 0 Å². The Morgan fingerprint density at radius 1 is 1.42 bits per heavy atom. The molecule has 1 aliphatic heterocycles. The number of carboxylic acid groups (broad SMARTS) is 1. The van der Waals surface area contributed by atoms with E-state index < -0.39 is 5.97 Å². The number of likely N-dealkylation sites (tertiary alicyclic amines) is 1. The lowest BCUT2D eigenvalue weighted by Crippen LogP contribution is -2.39. The molecule has 1 N–H and O–H groups in total. The fraction of sp³-hybridized carbons (Fsp3) is 0.533. The van der Waals surface area contributed by atoms with Crippen LogP contribution in [0.1, 0.15) is 24.8 Å². The molecule has 1 atom stereocenters. The van der Waals surface area contributed by atoms with E-state index in [0.29, 0.717) is 6.61 Å². The van der Waals surface area contributed by atoms with Crippen molar-refractivity contribution in [3.8, 4) is 5.75 Å². The summed E-state index contributed by atoms with van der Waals surface area (Å²) in [6.45, 7) is 4.42. The molecule has 1 heterocycles. The Bertz CT molecular complexity index is 427. The molecule has 19 heavy (non-hydrogen) atoms. The van der Waals surface area contributed by atoms with Gasteiger partial charge in [0, 0.05) is 0 Å². The molecule has 0 saturated carbocycles. The smallest absolute Gasteiger partial charge is 0.305 e. The van der Waals surface area contributed by atoms with Crippen LogP contribution < -0.4 is 4.74 Å². The van der Waals surface area contributed by atoms with Gasteiger partial charge in [0.15, 0.2) is 0 Å². The Morgan fingerprint density at radius 3 is 2.79 bits per heavy atom. The first-order valence-electron chi connectivity index (χ1n) is 6.80. The molecule has 1 fully saturated rings. The molecule has 1 aromatic rings. The van der Waals surface area contributed by atoms with Crippen molar-refractivity contribution in [3.63, 3.8) is 0 Å². The van der Waals surface area contributed by atoms with Gasteiger partial charge in [0.1, 0.15) is 12.4 Å². The van der Waals surface area contributed by atoms with E-state index in [-0.39, 0.29) is 12.5 Å². The molecule has 1 aliphatic rings. The molecule has 0 bridgehead atoms. The molecular formula is C15H21NO3. The number of carboxylic acids is 1. The van der Waals surface area contributed by atoms with Crippen molar-refractivity contribution < 1.29 is 14.6 Å². The Labute approximate surface area is 114 Å². The summed E-state index contributed by atoms with van der Waals surface area (Å²) in [5, 5.41) is 9.00. The predicted molar refractivity (Wildman–Crippen MR) is 73.5 cm³/mol. The van der Waals surface area contributed by atoms with Crippen LogP contribution in [0.25, 0.3) is 0 Å². The highest BCUT2D eigenvalue weighted by atomic mass is 16.5. The fourth-order valence-corrected chi connectivity index (χ4v) is 2.50. The second-order valence-corrected chi connectivity index (χ2v) is 5.12. The molecule has 2 rings (SSSR count). The maximum Gasteiger partial charge on any atom is 0.305 e. The van der Waals surface area contributed by atoms with Crippen molar-refractivity contribution in [2.75, 3.05) is 19.7 Å². The van der Waals surface area contributed by atoms with Gasteiger partial charge in [-0.2, -0.15) is 0 Å². The summed E-state index contributed by atoms with van der Waals surface area (Å²) < 4.78 is 5.76. The minimum atomic E-state index is -0.759. The summed E-state index contributed by atoms with van der Waals surface area (Å²) in [5.41, 5.74) is 1.15. The Balaban J connectivity index is 1.93. The first kappa shape index (κ1) is 13.9. The number of carbonyl (C=O) groups is 1. The number of ether oxygens (including phenoxy) is 1. The molecule has 1 unspecified atom stereocenters. The molecule has 104 valence electrons. The van der Waals surface area contributed by atoms with Crippen molar-refractivity contribution >= 4 is 5.97 Å². The maximum atomic E-state index is 10.9. The van der Waals surface area contributed by atoms with Crippen LogP contribution in [-0.2, 0) is 4.79 Å². The zero-order valence-corrected chi connectivity index (χ0v) is 11.3. The second-order valence-electron chi connectivity index (χ2n) is 5.12. The highest BCUT2D eigenvalue weighted by Gasteiger charge is 2.24. The zero-order valence-electron chi connectivity index (χ0n) is 11.3. The van der Waals surface area contributed by atoms with Gasteiger partial charge in [-0.15, -0.1) is 0 Å². The predicted octanol–water partition coefficient (Wildman–Crippen LogP) is 2.31. The van der Waals surface area contributed by atoms with Crippen molar-refractivity contribution in [1.82, 2.24) is 4.90 Å². The molecule has 0 amide bonds. The number of nitrogens with zero attached hydrogens (tertiary/aromatic N) is 1. The number of aryl methyl sites for hydroxylation is 1. The van der Waals surface area contributed by atoms with Crippen LogP contribution >= 0.6 is 0 Å². The molecular weight excluding hydrogens is 242 g/mol. The van der Waals surface area contributed by atoms with Gasteiger partial charge < -0.3 is 9.84 Å². The Morgan fingerprint density at radius 2 is 2.16 bits per heavy atom. The summed E-state index contributed by atoms with van der Waals surface area (Å²) in [6.07, 6.45) is 2.45. The first-order chi connectivity index (χ1) is 9.15. The second kappa shape index (κ2) is 6.57. The number of benzene rings is 1. The number of aliphatic carboxylic acids is 1. The monoisotopic (exact) mass is 263 g/mol. The first-order valence-corrected chi connectivity index (χ1v) is 6.80. The van der Waals surface area contributed by atoms with E-state index >= 15 is 0 Å². The van der Waals surface area contributed by atoms with Gasteiger partial charge in [-0.05, 0) is 50.6 Å². The van der Waals surface area contributed by atoms with Gasteiger partial charge in [-0.3, -0.25) is 9.69 Å². The molecule has 1 saturated heterocycles. The average Bonchev–Trinajstić information content (AvgIpc) is 2.88. The summed E-state index contributed by atoms with van der Waals surface area (Å²) >= 11 is 0. The molecule has 0 aliphatic carbocycles. The third-order valence-electron chi connectivity index (χ3n) is 3.50. The highest BCUT2D eigenvalue weighted by Crippen LogP contribution is 2.17. The van der Waals surface area contributed by atoms with Crippen molar-refractivity contribution in [2.24, 2.45) is 0 Å². The molecule has 0 spiro atoms. The van der Waals surface area contributed by atoms with E-state index in [1.807, 2.05) is 31.2 Å². The van der Waals surface area contributed by atoms with Crippen molar-refractivity contribution in [1.29, 1.82) is 0 Å². The highest BCUT2D eigenvalue weighted by molar-refractivity contribution is 5.67. The maximum absolute atomic E-state index is 10.9. The van der Waals surface area contributed by atoms with E-state index in [4.69, 9.17) is 9.84 Å². The number of hydrogen-bond donors (Lipinski definition) is 1. The van der Waals surface area contributed by atoms with E-state index in [2.05, 4.69) is 4.90 Å². The lowest BCUT2D eigenvalue weighted by Gasteiger charge is -2.26. The topological polar surface area (TPSA) is 49.8 Å². The van der Waals surface area contributed by atoms with Gasteiger partial charge in [0.05, 0.1) is 12.5 Å². The van der Waals surface area contributed by atoms with Gasteiger partial charge >= 0.3 is 5.97 Å². The summed E-state index contributed by atoms with van der Waals surface area (Å²) in [6, 6.07) is 7.83. The summed E-state index contributed by atoms with van der Waals surface area (Å²) in [4.78, 5) is 13.2. The largest absolute Gasteiger partial charge is 0.492 e. The molecule has 4 heteroatoms. The summed E-state index contributed by atoms with van der Waals surface area (Å²) in [7, 11) is 0. The van der Waals surface area contributed by atoms with Crippen LogP contribution in [0.4, 0.5) is 0 Å².